The van der Waals surface area contributed by atoms with Crippen LogP contribution in [0.3, 0.4) is 0 Å². The monoisotopic (exact) mass is 324 g/mol. The first-order valence-electron chi connectivity index (χ1n) is 8.43. The number of hydrogen-bond acceptors (Lipinski definition) is 3. The van der Waals surface area contributed by atoms with Gasteiger partial charge in [0, 0.05) is 31.2 Å². The minimum absolute atomic E-state index is 0.144. The van der Waals surface area contributed by atoms with E-state index in [0.717, 1.165) is 37.5 Å². The van der Waals surface area contributed by atoms with Crippen LogP contribution in [0.2, 0.25) is 0 Å². The fraction of sp³-hybridized carbons (Fsp3) is 0.300. The predicted octanol–water partition coefficient (Wildman–Crippen LogP) is 3.21. The first kappa shape index (κ1) is 15.4. The van der Waals surface area contributed by atoms with Crippen molar-refractivity contribution in [3.05, 3.63) is 77.1 Å². The number of hydrogen-bond donors (Lipinski definition) is 2. The number of morpholine rings is 1. The summed E-state index contributed by atoms with van der Waals surface area (Å²) in [6, 6.07) is 15.3. The largest absolute Gasteiger partial charge is 0.384 e. The zero-order chi connectivity index (χ0) is 16.4. The number of halogens is 1. The van der Waals surface area contributed by atoms with Crippen molar-refractivity contribution < 1.29 is 9.13 Å². The van der Waals surface area contributed by atoms with Gasteiger partial charge in [-0.1, -0.05) is 42.5 Å². The lowest BCUT2D eigenvalue weighted by Crippen LogP contribution is -2.33. The predicted molar refractivity (Wildman–Crippen MR) is 93.1 cm³/mol. The first-order valence-corrected chi connectivity index (χ1v) is 8.43. The second-order valence-corrected chi connectivity index (χ2v) is 6.30. The van der Waals surface area contributed by atoms with Crippen molar-refractivity contribution in [2.45, 2.75) is 12.0 Å². The van der Waals surface area contributed by atoms with Crippen LogP contribution >= 0.6 is 0 Å². The van der Waals surface area contributed by atoms with E-state index in [1.807, 2.05) is 12.1 Å². The second-order valence-electron chi connectivity index (χ2n) is 6.30. The molecule has 0 radical (unpaired) electrons. The van der Waals surface area contributed by atoms with E-state index in [1.165, 1.54) is 23.3 Å². The van der Waals surface area contributed by atoms with Crippen LogP contribution in [-0.2, 0) is 4.74 Å². The zero-order valence-corrected chi connectivity index (χ0v) is 13.5. The molecule has 0 aliphatic carbocycles. The molecule has 124 valence electrons. The summed E-state index contributed by atoms with van der Waals surface area (Å²) in [6.07, 6.45) is 2.37. The number of ether oxygens (including phenoxy) is 1. The van der Waals surface area contributed by atoms with Crippen molar-refractivity contribution in [3.63, 3.8) is 0 Å². The maximum atomic E-state index is 13.1. The molecule has 0 unspecified atom stereocenters. The van der Waals surface area contributed by atoms with Crippen LogP contribution in [0.15, 0.2) is 54.6 Å². The molecule has 24 heavy (non-hydrogen) atoms. The van der Waals surface area contributed by atoms with E-state index < -0.39 is 0 Å². The van der Waals surface area contributed by atoms with Gasteiger partial charge in [-0.2, -0.15) is 0 Å². The lowest BCUT2D eigenvalue weighted by molar-refractivity contribution is 0.0277. The molecular weight excluding hydrogens is 303 g/mol. The molecule has 0 bridgehead atoms. The third-order valence-electron chi connectivity index (χ3n) is 4.70. The van der Waals surface area contributed by atoms with Crippen molar-refractivity contribution in [2.24, 2.45) is 0 Å². The first-order chi connectivity index (χ1) is 11.8. The Bertz CT molecular complexity index is 718. The van der Waals surface area contributed by atoms with Crippen molar-refractivity contribution in [1.29, 1.82) is 0 Å². The van der Waals surface area contributed by atoms with Gasteiger partial charge in [-0.15, -0.1) is 0 Å². The highest BCUT2D eigenvalue weighted by Gasteiger charge is 2.19. The second kappa shape index (κ2) is 6.75. The summed E-state index contributed by atoms with van der Waals surface area (Å²) in [5.41, 5.74) is 4.66. The standard InChI is InChI=1S/C20H21FN2O/c21-18-7-5-14(6-8-18)17-11-19(23-12-17)15-1-3-16(4-2-15)20-13-22-9-10-24-20/h1-8,11,17,20,22-23H,9-10,12-13H2/t17-,20+/m0/s1. The highest BCUT2D eigenvalue weighted by Crippen LogP contribution is 2.28. The number of benzene rings is 2. The Balaban J connectivity index is 1.49. The van der Waals surface area contributed by atoms with Crippen molar-refractivity contribution >= 4 is 5.70 Å². The fourth-order valence-corrected chi connectivity index (χ4v) is 3.32. The molecule has 2 heterocycles. The van der Waals surface area contributed by atoms with E-state index in [9.17, 15) is 4.39 Å². The SMILES string of the molecule is Fc1ccc([C@H]2C=C(c3ccc([C@H]4CNCCO4)cc3)NC2)cc1. The third-order valence-corrected chi connectivity index (χ3v) is 4.70. The van der Waals surface area contributed by atoms with Crippen LogP contribution in [0.1, 0.15) is 28.7 Å². The van der Waals surface area contributed by atoms with E-state index in [-0.39, 0.29) is 17.8 Å². The third kappa shape index (κ3) is 3.21. The molecule has 2 atom stereocenters. The molecule has 2 aliphatic rings. The molecule has 2 aromatic rings. The summed E-state index contributed by atoms with van der Waals surface area (Å²) >= 11 is 0. The Labute approximate surface area is 141 Å². The van der Waals surface area contributed by atoms with Gasteiger partial charge in [0.15, 0.2) is 0 Å². The van der Waals surface area contributed by atoms with Gasteiger partial charge in [0.05, 0.1) is 12.7 Å². The van der Waals surface area contributed by atoms with Crippen molar-refractivity contribution in [3.8, 4) is 0 Å². The molecular formula is C20H21FN2O. The molecule has 1 saturated heterocycles. The topological polar surface area (TPSA) is 33.3 Å². The van der Waals surface area contributed by atoms with Crippen LogP contribution in [0.4, 0.5) is 4.39 Å². The summed E-state index contributed by atoms with van der Waals surface area (Å²) in [7, 11) is 0. The van der Waals surface area contributed by atoms with Crippen LogP contribution in [0.25, 0.3) is 5.70 Å². The van der Waals surface area contributed by atoms with Gasteiger partial charge in [0.25, 0.3) is 0 Å². The summed E-state index contributed by atoms with van der Waals surface area (Å²) in [5, 5.41) is 6.81. The highest BCUT2D eigenvalue weighted by molar-refractivity contribution is 5.67. The van der Waals surface area contributed by atoms with Gasteiger partial charge in [-0.3, -0.25) is 0 Å². The molecule has 0 aromatic heterocycles. The van der Waals surface area contributed by atoms with E-state index >= 15 is 0 Å². The summed E-state index contributed by atoms with van der Waals surface area (Å²) in [6.45, 7) is 3.40. The normalized spacial score (nSPS) is 23.6. The van der Waals surface area contributed by atoms with E-state index in [0.29, 0.717) is 0 Å². The minimum atomic E-state index is -0.191. The van der Waals surface area contributed by atoms with Gasteiger partial charge in [0.2, 0.25) is 0 Å². The summed E-state index contributed by atoms with van der Waals surface area (Å²) < 4.78 is 18.9. The van der Waals surface area contributed by atoms with E-state index in [1.54, 1.807) is 0 Å². The van der Waals surface area contributed by atoms with Crippen LogP contribution in [-0.4, -0.2) is 26.2 Å². The molecule has 1 fully saturated rings. The van der Waals surface area contributed by atoms with E-state index in [2.05, 4.69) is 41.0 Å². The quantitative estimate of drug-likeness (QED) is 0.909. The lowest BCUT2D eigenvalue weighted by atomic mass is 9.99. The Morgan fingerprint density at radius 3 is 2.38 bits per heavy atom. The van der Waals surface area contributed by atoms with E-state index in [4.69, 9.17) is 4.74 Å². The van der Waals surface area contributed by atoms with Crippen molar-refractivity contribution in [2.75, 3.05) is 26.2 Å². The van der Waals surface area contributed by atoms with Gasteiger partial charge < -0.3 is 15.4 Å². The highest BCUT2D eigenvalue weighted by atomic mass is 19.1. The molecule has 4 heteroatoms. The Kier molecular flexibility index (Phi) is 4.32. The maximum absolute atomic E-state index is 13.1. The summed E-state index contributed by atoms with van der Waals surface area (Å²) in [4.78, 5) is 0. The fourth-order valence-electron chi connectivity index (χ4n) is 3.32. The zero-order valence-electron chi connectivity index (χ0n) is 13.5. The van der Waals surface area contributed by atoms with Crippen LogP contribution < -0.4 is 10.6 Å². The minimum Gasteiger partial charge on any atom is -0.384 e. The van der Waals surface area contributed by atoms with Crippen molar-refractivity contribution in [1.82, 2.24) is 10.6 Å². The molecule has 2 aliphatic heterocycles. The number of nitrogens with one attached hydrogen (secondary N) is 2. The van der Waals surface area contributed by atoms with Gasteiger partial charge in [-0.05, 0) is 28.8 Å². The Hall–Kier alpha value is -2.17. The van der Waals surface area contributed by atoms with Gasteiger partial charge in [-0.25, -0.2) is 4.39 Å². The molecule has 0 saturated carbocycles. The molecule has 0 spiro atoms. The average molecular weight is 324 g/mol. The maximum Gasteiger partial charge on any atom is 0.123 e. The molecule has 3 nitrogen and oxygen atoms in total. The molecule has 2 aromatic carbocycles. The van der Waals surface area contributed by atoms with Crippen LogP contribution in [0.5, 0.6) is 0 Å². The van der Waals surface area contributed by atoms with Crippen LogP contribution in [0, 0.1) is 5.82 Å². The lowest BCUT2D eigenvalue weighted by Gasteiger charge is -2.24. The smallest absolute Gasteiger partial charge is 0.123 e. The van der Waals surface area contributed by atoms with Gasteiger partial charge in [0.1, 0.15) is 5.82 Å². The Morgan fingerprint density at radius 2 is 1.67 bits per heavy atom. The molecule has 4 rings (SSSR count). The Morgan fingerprint density at radius 1 is 0.917 bits per heavy atom. The number of rotatable bonds is 3. The molecule has 2 N–H and O–H groups in total. The van der Waals surface area contributed by atoms with Gasteiger partial charge >= 0.3 is 0 Å². The molecule has 0 amide bonds. The average Bonchev–Trinajstić information content (AvgIpc) is 3.13. The summed E-state index contributed by atoms with van der Waals surface area (Å²) in [5.74, 6) is 0.0927.